The van der Waals surface area contributed by atoms with E-state index in [-0.39, 0.29) is 0 Å². The number of thiophene rings is 2. The van der Waals surface area contributed by atoms with Crippen LogP contribution in [0.5, 0.6) is 0 Å². The highest BCUT2D eigenvalue weighted by Gasteiger charge is 2.37. The molecule has 1 nitrogen and oxygen atoms in total. The largest absolute Gasteiger partial charge is 0.448 e. The van der Waals surface area contributed by atoms with Gasteiger partial charge in [-0.1, -0.05) is 0 Å². The van der Waals surface area contributed by atoms with Gasteiger partial charge >= 0.3 is 0 Å². The van der Waals surface area contributed by atoms with E-state index < -0.39 is 16.6 Å². The van der Waals surface area contributed by atoms with Crippen molar-refractivity contribution in [1.29, 1.82) is 0 Å². The van der Waals surface area contributed by atoms with Gasteiger partial charge in [0.1, 0.15) is 0 Å². The third-order valence-corrected chi connectivity index (χ3v) is 16.1. The summed E-state index contributed by atoms with van der Waals surface area (Å²) >= 11 is 10.7. The minimum Gasteiger partial charge on any atom is -0.448 e. The van der Waals surface area contributed by atoms with Crippen LogP contribution in [0.2, 0.25) is 26.2 Å². The van der Waals surface area contributed by atoms with Crippen molar-refractivity contribution < 1.29 is 4.12 Å². The number of hydrogen-bond acceptors (Lipinski definition) is 3. The Morgan fingerprint density at radius 3 is 1.42 bits per heavy atom. The van der Waals surface area contributed by atoms with Gasteiger partial charge < -0.3 is 4.12 Å². The first-order valence-electron chi connectivity index (χ1n) is 5.92. The van der Waals surface area contributed by atoms with E-state index in [9.17, 15) is 0 Å². The van der Waals surface area contributed by atoms with Crippen LogP contribution in [-0.2, 0) is 4.12 Å². The zero-order valence-electron chi connectivity index (χ0n) is 11.3. The van der Waals surface area contributed by atoms with Crippen LogP contribution in [-0.4, -0.2) is 16.6 Å². The van der Waals surface area contributed by atoms with E-state index >= 15 is 0 Å². The Hall–Kier alpha value is 0.754. The van der Waals surface area contributed by atoms with E-state index in [4.69, 9.17) is 4.12 Å². The number of hydrogen-bond donors (Lipinski definition) is 0. The summed E-state index contributed by atoms with van der Waals surface area (Å²) in [6.07, 6.45) is 0. The van der Waals surface area contributed by atoms with Crippen molar-refractivity contribution in [3.05, 3.63) is 31.8 Å². The second-order valence-corrected chi connectivity index (χ2v) is 18.9. The third kappa shape index (κ3) is 3.90. The first-order chi connectivity index (χ1) is 8.71. The molecule has 0 unspecified atom stereocenters. The Labute approximate surface area is 141 Å². The molecule has 0 aliphatic carbocycles. The zero-order chi connectivity index (χ0) is 14.3. The Morgan fingerprint density at radius 2 is 1.16 bits per heavy atom. The molecule has 0 aliphatic rings. The van der Waals surface area contributed by atoms with Crippen LogP contribution in [0.3, 0.4) is 0 Å². The molecular weight excluding hydrogens is 440 g/mol. The fraction of sp³-hybridized carbons (Fsp3) is 0.333. The van der Waals surface area contributed by atoms with E-state index in [0.29, 0.717) is 0 Å². The highest BCUT2D eigenvalue weighted by Crippen LogP contribution is 2.24. The lowest BCUT2D eigenvalue weighted by Crippen LogP contribution is -2.56. The Balaban J connectivity index is 2.23. The molecule has 0 spiro atoms. The highest BCUT2D eigenvalue weighted by molar-refractivity contribution is 9.11. The van der Waals surface area contributed by atoms with Crippen LogP contribution in [0.4, 0.5) is 0 Å². The lowest BCUT2D eigenvalue weighted by molar-refractivity contribution is 0.575. The summed E-state index contributed by atoms with van der Waals surface area (Å²) in [5.74, 6) is 0. The van der Waals surface area contributed by atoms with Gasteiger partial charge in [0.25, 0.3) is 0 Å². The molecule has 2 aromatic heterocycles. The predicted octanol–water partition coefficient (Wildman–Crippen LogP) is 4.88. The quantitative estimate of drug-likeness (QED) is 0.597. The summed E-state index contributed by atoms with van der Waals surface area (Å²) in [6, 6.07) is 8.65. The molecule has 0 saturated heterocycles. The molecule has 2 heterocycles. The predicted molar refractivity (Wildman–Crippen MR) is 99.4 cm³/mol. The fourth-order valence-corrected chi connectivity index (χ4v) is 15.4. The van der Waals surface area contributed by atoms with Crippen LogP contribution < -0.4 is 9.00 Å². The standard InChI is InChI=1S/C12H16Br2OS2Si2/c1-18(2,11-7-5-9(13)16-11)15-19(3,4)12-8-6-10(14)17-12/h5-8H,1-4H3. The average Bonchev–Trinajstić information content (AvgIpc) is 2.86. The van der Waals surface area contributed by atoms with Crippen LogP contribution in [0, 0.1) is 0 Å². The Morgan fingerprint density at radius 1 is 0.789 bits per heavy atom. The maximum atomic E-state index is 6.68. The normalized spacial score (nSPS) is 12.9. The number of rotatable bonds is 4. The summed E-state index contributed by atoms with van der Waals surface area (Å²) in [5.41, 5.74) is 0. The lowest BCUT2D eigenvalue weighted by atomic mass is 10.7. The van der Waals surface area contributed by atoms with Crippen molar-refractivity contribution in [2.75, 3.05) is 0 Å². The molecule has 0 saturated carbocycles. The Kier molecular flexibility index (Phi) is 4.98. The van der Waals surface area contributed by atoms with Crippen LogP contribution in [0.1, 0.15) is 0 Å². The topological polar surface area (TPSA) is 9.23 Å². The molecule has 0 aliphatic heterocycles. The zero-order valence-corrected chi connectivity index (χ0v) is 18.1. The molecule has 0 radical (unpaired) electrons. The fourth-order valence-electron chi connectivity index (χ4n) is 2.01. The molecule has 7 heteroatoms. The van der Waals surface area contributed by atoms with Crippen molar-refractivity contribution in [2.45, 2.75) is 26.2 Å². The van der Waals surface area contributed by atoms with Gasteiger partial charge in [0.15, 0.2) is 0 Å². The minimum atomic E-state index is -1.83. The number of halogens is 2. The molecule has 19 heavy (non-hydrogen) atoms. The van der Waals surface area contributed by atoms with E-state index in [1.807, 2.05) is 0 Å². The summed E-state index contributed by atoms with van der Waals surface area (Å²) < 4.78 is 11.8. The molecular formula is C12H16Br2OS2Si2. The van der Waals surface area contributed by atoms with E-state index in [1.54, 1.807) is 22.7 Å². The smallest absolute Gasteiger partial charge is 0.216 e. The maximum Gasteiger partial charge on any atom is 0.216 e. The van der Waals surface area contributed by atoms with Crippen molar-refractivity contribution in [3.8, 4) is 0 Å². The van der Waals surface area contributed by atoms with E-state index in [2.05, 4.69) is 82.3 Å². The van der Waals surface area contributed by atoms with Gasteiger partial charge in [-0.2, -0.15) is 0 Å². The summed E-state index contributed by atoms with van der Waals surface area (Å²) in [6.45, 7) is 9.18. The van der Waals surface area contributed by atoms with Gasteiger partial charge in [0, 0.05) is 9.00 Å². The van der Waals surface area contributed by atoms with Crippen molar-refractivity contribution in [2.24, 2.45) is 0 Å². The lowest BCUT2D eigenvalue weighted by Gasteiger charge is -2.32. The maximum absolute atomic E-state index is 6.68. The second-order valence-electron chi connectivity index (χ2n) is 5.33. The van der Waals surface area contributed by atoms with Crippen molar-refractivity contribution in [1.82, 2.24) is 0 Å². The molecule has 0 bridgehead atoms. The van der Waals surface area contributed by atoms with Crippen molar-refractivity contribution in [3.63, 3.8) is 0 Å². The SMILES string of the molecule is C[Si](C)(O[Si](C)(C)c1ccc(Br)s1)c1ccc(Br)s1. The van der Waals surface area contributed by atoms with Gasteiger partial charge in [-0.15, -0.1) is 22.7 Å². The molecule has 0 atom stereocenters. The first kappa shape index (κ1) is 16.1. The van der Waals surface area contributed by atoms with Crippen LogP contribution >= 0.6 is 54.5 Å². The van der Waals surface area contributed by atoms with Gasteiger partial charge in [-0.3, -0.25) is 0 Å². The minimum absolute atomic E-state index is 1.19. The Bertz CT molecular complexity index is 528. The van der Waals surface area contributed by atoms with Crippen molar-refractivity contribution >= 4 is 80.2 Å². The second kappa shape index (κ2) is 5.86. The van der Waals surface area contributed by atoms with Crippen LogP contribution in [0.25, 0.3) is 0 Å². The monoisotopic (exact) mass is 454 g/mol. The average molecular weight is 456 g/mol. The third-order valence-electron chi connectivity index (χ3n) is 2.84. The van der Waals surface area contributed by atoms with Gasteiger partial charge in [0.2, 0.25) is 16.6 Å². The van der Waals surface area contributed by atoms with Crippen LogP contribution in [0.15, 0.2) is 31.8 Å². The molecule has 0 amide bonds. The highest BCUT2D eigenvalue weighted by atomic mass is 79.9. The molecule has 2 rings (SSSR count). The molecule has 104 valence electrons. The first-order valence-corrected chi connectivity index (χ1v) is 15.0. The molecule has 0 fully saturated rings. The summed E-state index contributed by atoms with van der Waals surface area (Å²) in [4.78, 5) is 0. The summed E-state index contributed by atoms with van der Waals surface area (Å²) in [7, 11) is -3.65. The van der Waals surface area contributed by atoms with E-state index in [1.165, 1.54) is 16.6 Å². The van der Waals surface area contributed by atoms with Gasteiger partial charge in [-0.05, 0) is 82.3 Å². The molecule has 0 N–H and O–H groups in total. The summed E-state index contributed by atoms with van der Waals surface area (Å²) in [5, 5.41) is 0. The van der Waals surface area contributed by atoms with E-state index in [0.717, 1.165) is 0 Å². The molecule has 2 aromatic rings. The van der Waals surface area contributed by atoms with Gasteiger partial charge in [0.05, 0.1) is 7.57 Å². The molecule has 0 aromatic carbocycles. The van der Waals surface area contributed by atoms with Gasteiger partial charge in [-0.25, -0.2) is 0 Å².